The second-order valence-corrected chi connectivity index (χ2v) is 5.60. The molecule has 0 aliphatic rings. The van der Waals surface area contributed by atoms with Gasteiger partial charge in [-0.1, -0.05) is 0 Å². The molecule has 0 aliphatic carbocycles. The van der Waals surface area contributed by atoms with Crippen LogP contribution in [-0.2, 0) is 17.6 Å². The van der Waals surface area contributed by atoms with Crippen molar-refractivity contribution < 1.29 is 4.79 Å². The summed E-state index contributed by atoms with van der Waals surface area (Å²) in [7, 11) is 0. The number of Topliss-reactive ketones (excluding diaryl/α,β-unsaturated/α-hetero) is 1. The van der Waals surface area contributed by atoms with Crippen LogP contribution < -0.4 is 0 Å². The number of hydrogen-bond acceptors (Lipinski definition) is 5. The molecule has 5 nitrogen and oxygen atoms in total. The molecule has 0 atom stereocenters. The molecule has 0 aliphatic heterocycles. The number of rotatable bonds is 4. The molecule has 0 N–H and O–H groups in total. The molecule has 24 heavy (non-hydrogen) atoms. The number of hydrogen-bond donors (Lipinski definition) is 0. The van der Waals surface area contributed by atoms with E-state index < -0.39 is 0 Å². The predicted molar refractivity (Wildman–Crippen MR) is 91.5 cm³/mol. The van der Waals surface area contributed by atoms with Crippen LogP contribution in [0, 0.1) is 0 Å². The fourth-order valence-corrected chi connectivity index (χ4v) is 2.65. The highest BCUT2D eigenvalue weighted by Crippen LogP contribution is 2.12. The van der Waals surface area contributed by atoms with Crippen molar-refractivity contribution in [2.75, 3.05) is 0 Å². The highest BCUT2D eigenvalue weighted by atomic mass is 16.1. The Labute approximate surface area is 138 Å². The maximum atomic E-state index is 12.3. The SMILES string of the molecule is O=C(Cc1ccc2cccnc2n1)Cc1ccc2cccnc2n1. The van der Waals surface area contributed by atoms with Crippen LogP contribution in [0.5, 0.6) is 0 Å². The summed E-state index contributed by atoms with van der Waals surface area (Å²) in [5, 5.41) is 1.94. The lowest BCUT2D eigenvalue weighted by Gasteiger charge is -2.03. The van der Waals surface area contributed by atoms with Crippen molar-refractivity contribution in [3.05, 3.63) is 72.3 Å². The normalized spacial score (nSPS) is 11.0. The summed E-state index contributed by atoms with van der Waals surface area (Å²) in [6.07, 6.45) is 3.95. The molecular weight excluding hydrogens is 300 g/mol. The van der Waals surface area contributed by atoms with Gasteiger partial charge in [-0.15, -0.1) is 0 Å². The van der Waals surface area contributed by atoms with Crippen LogP contribution >= 0.6 is 0 Å². The first-order valence-corrected chi connectivity index (χ1v) is 7.71. The van der Waals surface area contributed by atoms with E-state index >= 15 is 0 Å². The van der Waals surface area contributed by atoms with Crippen molar-refractivity contribution in [2.24, 2.45) is 0 Å². The summed E-state index contributed by atoms with van der Waals surface area (Å²) < 4.78 is 0. The highest BCUT2D eigenvalue weighted by molar-refractivity contribution is 5.84. The topological polar surface area (TPSA) is 68.6 Å². The van der Waals surface area contributed by atoms with Crippen LogP contribution in [0.3, 0.4) is 0 Å². The Morgan fingerprint density at radius 1 is 0.708 bits per heavy atom. The van der Waals surface area contributed by atoms with Crippen molar-refractivity contribution in [2.45, 2.75) is 12.8 Å². The van der Waals surface area contributed by atoms with E-state index in [0.29, 0.717) is 11.3 Å². The molecule has 0 unspecified atom stereocenters. The van der Waals surface area contributed by atoms with Crippen LogP contribution in [0.25, 0.3) is 22.1 Å². The monoisotopic (exact) mass is 314 g/mol. The zero-order chi connectivity index (χ0) is 16.4. The van der Waals surface area contributed by atoms with E-state index in [1.807, 2.05) is 48.5 Å². The first-order valence-electron chi connectivity index (χ1n) is 7.71. The van der Waals surface area contributed by atoms with Crippen LogP contribution in [-0.4, -0.2) is 25.7 Å². The first-order chi connectivity index (χ1) is 11.8. The maximum absolute atomic E-state index is 12.3. The van der Waals surface area contributed by atoms with Gasteiger partial charge in [0.25, 0.3) is 0 Å². The minimum Gasteiger partial charge on any atom is -0.299 e. The predicted octanol–water partition coefficient (Wildman–Crippen LogP) is 2.93. The molecule has 0 saturated heterocycles. The minimum atomic E-state index is 0.0700. The van der Waals surface area contributed by atoms with Crippen LogP contribution in [0.1, 0.15) is 11.4 Å². The molecule has 0 radical (unpaired) electrons. The Kier molecular flexibility index (Phi) is 3.67. The quantitative estimate of drug-likeness (QED) is 0.579. The van der Waals surface area contributed by atoms with Gasteiger partial charge in [-0.05, 0) is 48.5 Å². The highest BCUT2D eigenvalue weighted by Gasteiger charge is 2.09. The van der Waals surface area contributed by atoms with E-state index in [1.54, 1.807) is 12.4 Å². The van der Waals surface area contributed by atoms with Crippen molar-refractivity contribution in [1.29, 1.82) is 0 Å². The van der Waals surface area contributed by atoms with Crippen LogP contribution in [0.15, 0.2) is 60.9 Å². The molecule has 4 aromatic rings. The lowest BCUT2D eigenvalue weighted by molar-refractivity contribution is -0.117. The van der Waals surface area contributed by atoms with Crippen molar-refractivity contribution in [3.63, 3.8) is 0 Å². The summed E-state index contributed by atoms with van der Waals surface area (Å²) in [5.74, 6) is 0.0700. The third kappa shape index (κ3) is 2.96. The van der Waals surface area contributed by atoms with Gasteiger partial charge in [0, 0.05) is 36.0 Å². The number of fused-ring (bicyclic) bond motifs is 2. The summed E-state index contributed by atoms with van der Waals surface area (Å²) in [6, 6.07) is 15.3. The first kappa shape index (κ1) is 14.4. The third-order valence-corrected chi connectivity index (χ3v) is 3.80. The lowest BCUT2D eigenvalue weighted by Crippen LogP contribution is -2.09. The average molecular weight is 314 g/mol. The zero-order valence-corrected chi connectivity index (χ0v) is 12.9. The third-order valence-electron chi connectivity index (χ3n) is 3.80. The van der Waals surface area contributed by atoms with Gasteiger partial charge in [-0.2, -0.15) is 0 Å². The van der Waals surface area contributed by atoms with E-state index in [-0.39, 0.29) is 18.6 Å². The lowest BCUT2D eigenvalue weighted by atomic mass is 10.1. The molecule has 0 fully saturated rings. The number of carbonyl (C=O) groups is 1. The molecule has 4 aromatic heterocycles. The molecule has 0 spiro atoms. The van der Waals surface area contributed by atoms with Gasteiger partial charge in [0.05, 0.1) is 11.4 Å². The van der Waals surface area contributed by atoms with E-state index in [0.717, 1.165) is 22.2 Å². The fraction of sp³-hybridized carbons (Fsp3) is 0.105. The van der Waals surface area contributed by atoms with Gasteiger partial charge < -0.3 is 0 Å². The molecule has 116 valence electrons. The van der Waals surface area contributed by atoms with Crippen molar-refractivity contribution >= 4 is 27.9 Å². The largest absolute Gasteiger partial charge is 0.299 e. The number of pyridine rings is 4. The van der Waals surface area contributed by atoms with Gasteiger partial charge in [0.1, 0.15) is 5.78 Å². The number of nitrogens with zero attached hydrogens (tertiary/aromatic N) is 4. The van der Waals surface area contributed by atoms with Gasteiger partial charge in [-0.3, -0.25) is 4.79 Å². The van der Waals surface area contributed by atoms with Gasteiger partial charge in [-0.25, -0.2) is 19.9 Å². The summed E-state index contributed by atoms with van der Waals surface area (Å²) in [4.78, 5) is 29.7. The number of aromatic nitrogens is 4. The molecule has 4 rings (SSSR count). The van der Waals surface area contributed by atoms with E-state index in [9.17, 15) is 4.79 Å². The Balaban J connectivity index is 1.52. The number of carbonyl (C=O) groups excluding carboxylic acids is 1. The maximum Gasteiger partial charge on any atom is 0.159 e. The fourth-order valence-electron chi connectivity index (χ4n) is 2.65. The van der Waals surface area contributed by atoms with Crippen molar-refractivity contribution in [1.82, 2.24) is 19.9 Å². The summed E-state index contributed by atoms with van der Waals surface area (Å²) in [5.41, 5.74) is 2.78. The molecule has 5 heteroatoms. The molecule has 4 heterocycles. The molecule has 0 amide bonds. The smallest absolute Gasteiger partial charge is 0.159 e. The second-order valence-electron chi connectivity index (χ2n) is 5.60. The molecule has 0 aromatic carbocycles. The van der Waals surface area contributed by atoms with Gasteiger partial charge in [0.2, 0.25) is 0 Å². The Morgan fingerprint density at radius 2 is 1.21 bits per heavy atom. The van der Waals surface area contributed by atoms with Gasteiger partial charge >= 0.3 is 0 Å². The van der Waals surface area contributed by atoms with E-state index in [4.69, 9.17) is 0 Å². The average Bonchev–Trinajstić information content (AvgIpc) is 2.61. The second kappa shape index (κ2) is 6.12. The Hall–Kier alpha value is -3.21. The van der Waals surface area contributed by atoms with E-state index in [1.165, 1.54) is 0 Å². The van der Waals surface area contributed by atoms with Crippen LogP contribution in [0.2, 0.25) is 0 Å². The van der Waals surface area contributed by atoms with Crippen LogP contribution in [0.4, 0.5) is 0 Å². The summed E-state index contributed by atoms with van der Waals surface area (Å²) >= 11 is 0. The molecule has 0 bridgehead atoms. The van der Waals surface area contributed by atoms with Gasteiger partial charge in [0.15, 0.2) is 11.3 Å². The van der Waals surface area contributed by atoms with E-state index in [2.05, 4.69) is 19.9 Å². The Bertz CT molecular complexity index is 962. The molecule has 0 saturated carbocycles. The van der Waals surface area contributed by atoms with Crippen molar-refractivity contribution in [3.8, 4) is 0 Å². The molecular formula is C19H14N4O. The number of ketones is 1. The standard InChI is InChI=1S/C19H14N4O/c24-17(11-15-7-5-13-3-1-9-20-18(13)22-15)12-16-8-6-14-4-2-10-21-19(14)23-16/h1-10H,11-12H2. The Morgan fingerprint density at radius 3 is 1.71 bits per heavy atom. The minimum absolute atomic E-state index is 0.0700. The summed E-state index contributed by atoms with van der Waals surface area (Å²) in [6.45, 7) is 0. The zero-order valence-electron chi connectivity index (χ0n) is 12.9.